The van der Waals surface area contributed by atoms with Gasteiger partial charge in [-0.3, -0.25) is 9.69 Å². The third-order valence-corrected chi connectivity index (χ3v) is 4.52. The van der Waals surface area contributed by atoms with Crippen molar-refractivity contribution in [2.45, 2.75) is 45.3 Å². The summed E-state index contributed by atoms with van der Waals surface area (Å²) in [5.74, 6) is 0.649. The average molecular weight is 342 g/mol. The Kier molecular flexibility index (Phi) is 8.48. The summed E-state index contributed by atoms with van der Waals surface area (Å²) in [6, 6.07) is 0.530. The van der Waals surface area contributed by atoms with Crippen molar-refractivity contribution in [1.82, 2.24) is 20.4 Å². The van der Waals surface area contributed by atoms with Gasteiger partial charge in [0.25, 0.3) is 0 Å². The van der Waals surface area contributed by atoms with E-state index >= 15 is 0 Å². The number of hydrogen-bond donors (Lipinski definition) is 2. The number of carbonyl (C=O) groups excluding carboxylic acids is 1. The molecule has 0 aliphatic carbocycles. The lowest BCUT2D eigenvalue weighted by molar-refractivity contribution is -0.127. The van der Waals surface area contributed by atoms with Crippen molar-refractivity contribution < 1.29 is 9.53 Å². The Morgan fingerprint density at radius 2 is 2.08 bits per heavy atom. The van der Waals surface area contributed by atoms with E-state index in [1.54, 1.807) is 26.1 Å². The maximum atomic E-state index is 11.8. The number of hydrogen-bond acceptors (Lipinski definition) is 4. The van der Waals surface area contributed by atoms with Crippen molar-refractivity contribution in [2.24, 2.45) is 4.99 Å². The molecule has 1 aliphatic heterocycles. The maximum Gasteiger partial charge on any atom is 0.243 e. The van der Waals surface area contributed by atoms with Gasteiger partial charge in [-0.2, -0.15) is 0 Å². The van der Waals surface area contributed by atoms with Crippen LogP contribution in [0, 0.1) is 0 Å². The summed E-state index contributed by atoms with van der Waals surface area (Å²) in [5.41, 5.74) is -0.295. The fraction of sp³-hybridized carbons (Fsp3) is 0.882. The zero-order valence-electron chi connectivity index (χ0n) is 16.2. The van der Waals surface area contributed by atoms with Gasteiger partial charge in [0.15, 0.2) is 5.96 Å². The Labute approximate surface area is 146 Å². The van der Waals surface area contributed by atoms with Gasteiger partial charge in [-0.25, -0.2) is 4.99 Å². The first-order chi connectivity index (χ1) is 11.3. The molecule has 140 valence electrons. The minimum Gasteiger partial charge on any atom is -0.377 e. The zero-order chi connectivity index (χ0) is 18.2. The second-order valence-electron chi connectivity index (χ2n) is 7.08. The van der Waals surface area contributed by atoms with Gasteiger partial charge in [-0.15, -0.1) is 0 Å². The fourth-order valence-corrected chi connectivity index (χ4v) is 2.59. The van der Waals surface area contributed by atoms with Crippen LogP contribution in [0.1, 0.15) is 33.6 Å². The SMILES string of the molecule is CCN1CCCC1CNC(=NCC(=O)N(C)C)NCC(C)(C)OC. The van der Waals surface area contributed by atoms with E-state index < -0.39 is 0 Å². The van der Waals surface area contributed by atoms with Crippen molar-refractivity contribution >= 4 is 11.9 Å². The van der Waals surface area contributed by atoms with Crippen molar-refractivity contribution in [3.8, 4) is 0 Å². The van der Waals surface area contributed by atoms with Gasteiger partial charge in [0.1, 0.15) is 6.54 Å². The largest absolute Gasteiger partial charge is 0.377 e. The van der Waals surface area contributed by atoms with Crippen molar-refractivity contribution in [2.75, 3.05) is 53.9 Å². The smallest absolute Gasteiger partial charge is 0.243 e. The van der Waals surface area contributed by atoms with E-state index in [0.29, 0.717) is 18.5 Å². The van der Waals surface area contributed by atoms with Gasteiger partial charge < -0.3 is 20.3 Å². The summed E-state index contributed by atoms with van der Waals surface area (Å²) in [7, 11) is 5.17. The Morgan fingerprint density at radius 1 is 1.38 bits per heavy atom. The van der Waals surface area contributed by atoms with Gasteiger partial charge in [-0.1, -0.05) is 6.92 Å². The predicted octanol–water partition coefficient (Wildman–Crippen LogP) is 0.519. The molecule has 0 spiro atoms. The fourth-order valence-electron chi connectivity index (χ4n) is 2.59. The normalized spacial score (nSPS) is 19.4. The van der Waals surface area contributed by atoms with Crippen LogP contribution in [0.15, 0.2) is 4.99 Å². The number of rotatable bonds is 8. The minimum absolute atomic E-state index is 0.0156. The third-order valence-electron chi connectivity index (χ3n) is 4.52. The summed E-state index contributed by atoms with van der Waals surface area (Å²) in [6.45, 7) is 10.1. The second-order valence-corrected chi connectivity index (χ2v) is 7.08. The topological polar surface area (TPSA) is 69.2 Å². The molecule has 1 fully saturated rings. The van der Waals surface area contributed by atoms with Crippen molar-refractivity contribution in [3.05, 3.63) is 0 Å². The third kappa shape index (κ3) is 7.05. The van der Waals surface area contributed by atoms with Crippen LogP contribution in [0.25, 0.3) is 0 Å². The lowest BCUT2D eigenvalue weighted by atomic mass is 10.1. The molecule has 24 heavy (non-hydrogen) atoms. The van der Waals surface area contributed by atoms with Crippen LogP contribution in [0.2, 0.25) is 0 Å². The van der Waals surface area contributed by atoms with Crippen LogP contribution in [0.4, 0.5) is 0 Å². The summed E-state index contributed by atoms with van der Waals surface area (Å²) in [4.78, 5) is 20.2. The molecule has 0 aromatic heterocycles. The molecule has 0 bridgehead atoms. The average Bonchev–Trinajstić information content (AvgIpc) is 3.01. The van der Waals surface area contributed by atoms with E-state index in [2.05, 4.69) is 27.4 Å². The molecule has 1 unspecified atom stereocenters. The van der Waals surface area contributed by atoms with Crippen molar-refractivity contribution in [3.63, 3.8) is 0 Å². The summed E-state index contributed by atoms with van der Waals surface area (Å²) in [5, 5.41) is 6.67. The molecular weight excluding hydrogens is 306 g/mol. The van der Waals surface area contributed by atoms with Crippen LogP contribution < -0.4 is 10.6 Å². The first-order valence-electron chi connectivity index (χ1n) is 8.80. The van der Waals surface area contributed by atoms with E-state index in [4.69, 9.17) is 4.74 Å². The molecule has 1 saturated heterocycles. The molecule has 7 heteroatoms. The summed E-state index contributed by atoms with van der Waals surface area (Å²) in [6.07, 6.45) is 2.45. The monoisotopic (exact) mass is 341 g/mol. The highest BCUT2D eigenvalue weighted by atomic mass is 16.5. The van der Waals surface area contributed by atoms with Crippen LogP contribution in [0.3, 0.4) is 0 Å². The van der Waals surface area contributed by atoms with E-state index in [1.165, 1.54) is 19.4 Å². The molecule has 1 aliphatic rings. The number of ether oxygens (including phenoxy) is 1. The highest BCUT2D eigenvalue weighted by molar-refractivity contribution is 5.84. The minimum atomic E-state index is -0.295. The lowest BCUT2D eigenvalue weighted by Crippen LogP contribution is -2.49. The molecule has 1 rings (SSSR count). The number of likely N-dealkylation sites (tertiary alicyclic amines) is 1. The standard InChI is InChI=1S/C17H35N5O2/c1-7-22-10-8-9-14(22)11-18-16(19-12-15(23)21(4)5)20-13-17(2,3)24-6/h14H,7-13H2,1-6H3,(H2,18,19,20). The predicted molar refractivity (Wildman–Crippen MR) is 98.4 cm³/mol. The molecule has 0 aromatic carbocycles. The Balaban J connectivity index is 2.62. The summed E-state index contributed by atoms with van der Waals surface area (Å²) >= 11 is 0. The number of nitrogens with one attached hydrogen (secondary N) is 2. The molecule has 0 saturated carbocycles. The number of guanidine groups is 1. The van der Waals surface area contributed by atoms with Gasteiger partial charge in [0.05, 0.1) is 5.60 Å². The first-order valence-corrected chi connectivity index (χ1v) is 8.80. The van der Waals surface area contributed by atoms with Gasteiger partial charge >= 0.3 is 0 Å². The Bertz CT molecular complexity index is 423. The van der Waals surface area contributed by atoms with E-state index in [1.807, 2.05) is 13.8 Å². The molecule has 1 atom stereocenters. The van der Waals surface area contributed by atoms with Crippen LogP contribution in [-0.2, 0) is 9.53 Å². The molecule has 1 amide bonds. The van der Waals surface area contributed by atoms with E-state index in [-0.39, 0.29) is 18.1 Å². The number of nitrogens with zero attached hydrogens (tertiary/aromatic N) is 3. The Hall–Kier alpha value is -1.34. The Morgan fingerprint density at radius 3 is 2.67 bits per heavy atom. The molecule has 0 aromatic rings. The van der Waals surface area contributed by atoms with Gasteiger partial charge in [0.2, 0.25) is 5.91 Å². The van der Waals surface area contributed by atoms with Crippen LogP contribution in [-0.4, -0.2) is 87.2 Å². The molecule has 7 nitrogen and oxygen atoms in total. The highest BCUT2D eigenvalue weighted by Crippen LogP contribution is 2.15. The molecular formula is C17H35N5O2. The lowest BCUT2D eigenvalue weighted by Gasteiger charge is -2.27. The molecule has 1 heterocycles. The van der Waals surface area contributed by atoms with Crippen LogP contribution in [0.5, 0.6) is 0 Å². The number of likely N-dealkylation sites (N-methyl/N-ethyl adjacent to an activating group) is 2. The number of carbonyl (C=O) groups is 1. The van der Waals surface area contributed by atoms with Gasteiger partial charge in [-0.05, 0) is 39.8 Å². The summed E-state index contributed by atoms with van der Waals surface area (Å²) < 4.78 is 5.44. The highest BCUT2D eigenvalue weighted by Gasteiger charge is 2.23. The van der Waals surface area contributed by atoms with Gasteiger partial charge in [0, 0.05) is 40.3 Å². The number of methoxy groups -OCH3 is 1. The second kappa shape index (κ2) is 9.84. The van der Waals surface area contributed by atoms with E-state index in [9.17, 15) is 4.79 Å². The van der Waals surface area contributed by atoms with E-state index in [0.717, 1.165) is 13.1 Å². The molecule has 0 radical (unpaired) electrons. The zero-order valence-corrected chi connectivity index (χ0v) is 16.2. The number of aliphatic imine (C=N–C) groups is 1. The quantitative estimate of drug-likeness (QED) is 0.498. The number of amides is 1. The van der Waals surface area contributed by atoms with Crippen molar-refractivity contribution in [1.29, 1.82) is 0 Å². The van der Waals surface area contributed by atoms with Crippen LogP contribution >= 0.6 is 0 Å². The maximum absolute atomic E-state index is 11.8. The molecule has 2 N–H and O–H groups in total. The first kappa shape index (κ1) is 20.7.